The fraction of sp³-hybridized carbons (Fsp3) is 0.240. The van der Waals surface area contributed by atoms with Gasteiger partial charge in [0.2, 0.25) is 0 Å². The van der Waals surface area contributed by atoms with Crippen LogP contribution in [0.2, 0.25) is 0 Å². The number of hydrogen-bond donors (Lipinski definition) is 0. The molecule has 0 aliphatic rings. The summed E-state index contributed by atoms with van der Waals surface area (Å²) in [6.45, 7) is 1.45. The molecule has 3 aromatic heterocycles. The van der Waals surface area contributed by atoms with Crippen LogP contribution in [0.3, 0.4) is 0 Å². The van der Waals surface area contributed by atoms with Crippen molar-refractivity contribution in [3.63, 3.8) is 0 Å². The summed E-state index contributed by atoms with van der Waals surface area (Å²) in [7, 11) is 8.25. The normalized spacial score (nSPS) is 10.6. The van der Waals surface area contributed by atoms with Crippen molar-refractivity contribution in [1.82, 2.24) is 33.9 Å². The Bertz CT molecular complexity index is 1310. The Labute approximate surface area is 240 Å². The number of fused-ring (bicyclic) bond motifs is 2. The van der Waals surface area contributed by atoms with Crippen LogP contribution in [0, 0.1) is 0 Å². The number of aromatic nitrogens is 5. The van der Waals surface area contributed by atoms with Crippen LogP contribution >= 0.6 is 0 Å². The van der Waals surface area contributed by atoms with Gasteiger partial charge < -0.3 is 46.4 Å². The average molecular weight is 588 g/mol. The molecule has 0 amide bonds. The summed E-state index contributed by atoms with van der Waals surface area (Å²) in [6.07, 6.45) is 0. The van der Waals surface area contributed by atoms with Crippen molar-refractivity contribution in [2.24, 2.45) is 0 Å². The third-order valence-corrected chi connectivity index (χ3v) is 5.36. The van der Waals surface area contributed by atoms with E-state index < -0.39 is 0 Å². The van der Waals surface area contributed by atoms with Crippen LogP contribution in [0.1, 0.15) is 0 Å². The van der Waals surface area contributed by atoms with Crippen LogP contribution in [0.25, 0.3) is 45.1 Å². The smallest absolute Gasteiger partial charge is 1.00 e. The van der Waals surface area contributed by atoms with Crippen molar-refractivity contribution in [2.75, 3.05) is 28.2 Å². The Balaban J connectivity index is 0.00000162. The zero-order chi connectivity index (χ0) is 22.2. The van der Waals surface area contributed by atoms with Crippen molar-refractivity contribution in [1.29, 1.82) is 0 Å². The number of para-hydroxylation sites is 4. The molecule has 0 aliphatic heterocycles. The largest absolute Gasteiger partial charge is 3.00 e. The summed E-state index contributed by atoms with van der Waals surface area (Å²) in [5, 5.41) is 0. The zero-order valence-electron chi connectivity index (χ0n) is 20.4. The Morgan fingerprint density at radius 3 is 1.33 bits per heavy atom. The molecule has 191 valence electrons. The minimum atomic E-state index is 0. The monoisotopic (exact) mass is 586 g/mol. The predicted molar refractivity (Wildman–Crippen MR) is 129 cm³/mol. The van der Waals surface area contributed by atoms with Gasteiger partial charge in [-0.05, 0) is 64.6 Å². The van der Waals surface area contributed by atoms with E-state index in [9.17, 15) is 0 Å². The first-order valence-electron chi connectivity index (χ1n) is 10.7. The number of rotatable bonds is 6. The molecule has 0 atom stereocenters. The minimum Gasteiger partial charge on any atom is -1.00 e. The van der Waals surface area contributed by atoms with Gasteiger partial charge in [0, 0.05) is 0 Å². The van der Waals surface area contributed by atoms with Gasteiger partial charge in [-0.2, -0.15) is 0 Å². The zero-order valence-corrected chi connectivity index (χ0v) is 23.8. The van der Waals surface area contributed by atoms with Crippen molar-refractivity contribution in [2.45, 2.75) is 13.3 Å². The summed E-state index contributed by atoms with van der Waals surface area (Å²) in [5.41, 5.74) is 5.81. The third-order valence-electron chi connectivity index (χ3n) is 5.36. The number of hydrogen-bond acceptors (Lipinski definition) is 5. The van der Waals surface area contributed by atoms with E-state index in [1.165, 1.54) is 0 Å². The number of pyridine rings is 1. The fourth-order valence-electron chi connectivity index (χ4n) is 4.08. The van der Waals surface area contributed by atoms with Crippen molar-refractivity contribution in [3.8, 4) is 23.0 Å². The standard InChI is InChI=1S/C25H27N7.3ClH.Fe/c1-29(2)16-31-22-14-7-5-10-18(22)27-24(31)20-12-9-13-21(26-20)25-28-19-11-6-8-15-23(19)32(25)17-30(3)4;;;;/h5-15H,16-17H2,1-4H3;3*1H;/q;;;;+3/p-3. The summed E-state index contributed by atoms with van der Waals surface area (Å²) in [6, 6.07) is 22.5. The van der Waals surface area contributed by atoms with Crippen molar-refractivity contribution in [3.05, 3.63) is 66.7 Å². The third kappa shape index (κ3) is 6.21. The Morgan fingerprint density at radius 1 is 0.556 bits per heavy atom. The quantitative estimate of drug-likeness (QED) is 0.187. The maximum absolute atomic E-state index is 5.04. The van der Waals surface area contributed by atoms with Gasteiger partial charge in [0.25, 0.3) is 0 Å². The van der Waals surface area contributed by atoms with Crippen LogP contribution in [-0.4, -0.2) is 62.1 Å². The molecule has 0 unspecified atom stereocenters. The molecule has 0 fully saturated rings. The van der Waals surface area contributed by atoms with Gasteiger partial charge in [0.05, 0.1) is 35.4 Å². The second kappa shape index (κ2) is 13.4. The van der Waals surface area contributed by atoms with E-state index in [1.807, 2.05) is 54.6 Å². The summed E-state index contributed by atoms with van der Waals surface area (Å²) >= 11 is 0. The molecule has 0 saturated heterocycles. The maximum atomic E-state index is 5.04. The average Bonchev–Trinajstić information content (AvgIpc) is 3.32. The van der Waals surface area contributed by atoms with Gasteiger partial charge in [-0.1, -0.05) is 30.3 Å². The van der Waals surface area contributed by atoms with Crippen LogP contribution in [-0.2, 0) is 30.4 Å². The molecule has 7 nitrogen and oxygen atoms in total. The molecule has 0 aliphatic carbocycles. The van der Waals surface area contributed by atoms with E-state index in [4.69, 9.17) is 15.0 Å². The SMILES string of the molecule is CN(C)Cn1c(-c2cccc(-c3nc4ccccc4n3CN(C)C)n2)nc2ccccc21.[Cl-].[Cl-].[Cl-].[Fe+3]. The van der Waals surface area contributed by atoms with Gasteiger partial charge in [0.1, 0.15) is 11.4 Å². The van der Waals surface area contributed by atoms with Gasteiger partial charge in [-0.3, -0.25) is 9.80 Å². The van der Waals surface area contributed by atoms with Gasteiger partial charge in [0.15, 0.2) is 11.6 Å². The van der Waals surface area contributed by atoms with E-state index in [-0.39, 0.29) is 54.3 Å². The second-order valence-electron chi connectivity index (χ2n) is 8.55. The van der Waals surface area contributed by atoms with Crippen LogP contribution in [0.5, 0.6) is 0 Å². The minimum absolute atomic E-state index is 0. The molecule has 0 N–H and O–H groups in total. The first kappa shape index (κ1) is 31.9. The number of nitrogens with zero attached hydrogens (tertiary/aromatic N) is 7. The first-order valence-corrected chi connectivity index (χ1v) is 10.7. The van der Waals surface area contributed by atoms with Crippen LogP contribution in [0.4, 0.5) is 0 Å². The van der Waals surface area contributed by atoms with Crippen molar-refractivity contribution >= 4 is 22.1 Å². The summed E-state index contributed by atoms with van der Waals surface area (Å²) in [4.78, 5) is 19.2. The molecule has 11 heteroatoms. The van der Waals surface area contributed by atoms with E-state index in [0.717, 1.165) is 58.4 Å². The molecule has 0 bridgehead atoms. The molecular weight excluding hydrogens is 561 g/mol. The fourth-order valence-corrected chi connectivity index (χ4v) is 4.08. The number of halogens is 3. The van der Waals surface area contributed by atoms with E-state index >= 15 is 0 Å². The topological polar surface area (TPSA) is 55.0 Å². The van der Waals surface area contributed by atoms with Crippen LogP contribution in [0.15, 0.2) is 66.7 Å². The number of benzene rings is 2. The number of imidazole rings is 2. The van der Waals surface area contributed by atoms with Crippen molar-refractivity contribution < 1.29 is 54.3 Å². The van der Waals surface area contributed by atoms with Gasteiger partial charge in [-0.25, -0.2) is 15.0 Å². The van der Waals surface area contributed by atoms with Gasteiger partial charge in [-0.15, -0.1) is 0 Å². The van der Waals surface area contributed by atoms with Gasteiger partial charge >= 0.3 is 17.1 Å². The molecule has 36 heavy (non-hydrogen) atoms. The molecule has 0 saturated carbocycles. The second-order valence-corrected chi connectivity index (χ2v) is 8.55. The molecule has 3 heterocycles. The molecule has 5 aromatic rings. The molecule has 0 spiro atoms. The summed E-state index contributed by atoms with van der Waals surface area (Å²) in [5.74, 6) is 1.72. The van der Waals surface area contributed by atoms with E-state index in [0.29, 0.717) is 0 Å². The van der Waals surface area contributed by atoms with Crippen LogP contribution < -0.4 is 37.2 Å². The molecular formula is C25H27Cl3FeN7. The molecule has 2 aromatic carbocycles. The molecule has 1 radical (unpaired) electrons. The van der Waals surface area contributed by atoms with E-state index in [2.05, 4.69) is 59.3 Å². The van der Waals surface area contributed by atoms with E-state index in [1.54, 1.807) is 0 Å². The first-order chi connectivity index (χ1) is 15.5. The Morgan fingerprint density at radius 2 is 0.944 bits per heavy atom. The Kier molecular flexibility index (Phi) is 11.9. The molecule has 5 rings (SSSR count). The Hall–Kier alpha value is -2.16. The summed E-state index contributed by atoms with van der Waals surface area (Å²) < 4.78 is 4.43. The predicted octanol–water partition coefficient (Wildman–Crippen LogP) is -4.84. The maximum Gasteiger partial charge on any atom is 3.00 e.